The van der Waals surface area contributed by atoms with Crippen molar-refractivity contribution in [3.63, 3.8) is 0 Å². The average molecular weight is 300 g/mol. The second-order valence-corrected chi connectivity index (χ2v) is 5.42. The molecule has 0 N–H and O–H groups in total. The van der Waals surface area contributed by atoms with Crippen molar-refractivity contribution in [2.75, 3.05) is 7.11 Å². The molecule has 0 saturated heterocycles. The molecule has 0 fully saturated rings. The summed E-state index contributed by atoms with van der Waals surface area (Å²) in [6.45, 7) is 1.75. The van der Waals surface area contributed by atoms with Gasteiger partial charge in [-0.15, -0.1) is 11.3 Å². The first-order valence-electron chi connectivity index (χ1n) is 5.50. The number of aryl methyl sites for hydroxylation is 1. The number of thiazole rings is 1. The van der Waals surface area contributed by atoms with Crippen molar-refractivity contribution in [1.29, 1.82) is 0 Å². The minimum atomic E-state index is -0.397. The van der Waals surface area contributed by atoms with E-state index in [1.165, 1.54) is 30.6 Å². The summed E-state index contributed by atoms with van der Waals surface area (Å²) < 4.78 is 17.6. The molecule has 1 aromatic heterocycles. The zero-order valence-corrected chi connectivity index (χ0v) is 11.9. The number of hydrogen-bond donors (Lipinski definition) is 0. The van der Waals surface area contributed by atoms with Crippen molar-refractivity contribution in [3.8, 4) is 0 Å². The van der Waals surface area contributed by atoms with E-state index in [1.807, 2.05) is 0 Å². The number of esters is 1. The molecule has 0 bridgehead atoms. The summed E-state index contributed by atoms with van der Waals surface area (Å²) in [5.41, 5.74) is 1.40. The van der Waals surface area contributed by atoms with Crippen LogP contribution in [0.4, 0.5) is 4.39 Å². The van der Waals surface area contributed by atoms with Gasteiger partial charge in [0.25, 0.3) is 0 Å². The molecule has 1 heterocycles. The lowest BCUT2D eigenvalue weighted by Gasteiger charge is -2.01. The van der Waals surface area contributed by atoms with Crippen molar-refractivity contribution < 1.29 is 13.9 Å². The molecule has 1 aromatic carbocycles. The van der Waals surface area contributed by atoms with Gasteiger partial charge in [-0.3, -0.25) is 0 Å². The Balaban J connectivity index is 2.26. The summed E-state index contributed by atoms with van der Waals surface area (Å²) in [7, 11) is 1.33. The summed E-state index contributed by atoms with van der Waals surface area (Å²) in [4.78, 5) is 16.3. The van der Waals surface area contributed by atoms with Gasteiger partial charge < -0.3 is 4.74 Å². The first-order valence-corrected chi connectivity index (χ1v) is 6.69. The van der Waals surface area contributed by atoms with E-state index in [-0.39, 0.29) is 5.82 Å². The van der Waals surface area contributed by atoms with Gasteiger partial charge in [0, 0.05) is 11.4 Å². The smallest absolute Gasteiger partial charge is 0.349 e. The highest BCUT2D eigenvalue weighted by Crippen LogP contribution is 2.25. The quantitative estimate of drug-likeness (QED) is 0.813. The van der Waals surface area contributed by atoms with Crippen LogP contribution in [0.3, 0.4) is 0 Å². The third kappa shape index (κ3) is 3.11. The van der Waals surface area contributed by atoms with Crippen LogP contribution in [0.25, 0.3) is 0 Å². The SMILES string of the molecule is COC(=O)c1sc(Cc2ccc(F)cc2Cl)nc1C. The molecule has 0 aliphatic rings. The Labute approximate surface area is 119 Å². The normalized spacial score (nSPS) is 10.5. The van der Waals surface area contributed by atoms with Gasteiger partial charge in [-0.25, -0.2) is 14.2 Å². The number of rotatable bonds is 3. The maximum Gasteiger partial charge on any atom is 0.349 e. The van der Waals surface area contributed by atoms with Crippen molar-refractivity contribution in [1.82, 2.24) is 4.98 Å². The van der Waals surface area contributed by atoms with Crippen LogP contribution in [0.15, 0.2) is 18.2 Å². The Kier molecular flexibility index (Phi) is 4.17. The predicted octanol–water partition coefficient (Wildman–Crippen LogP) is 3.62. The van der Waals surface area contributed by atoms with Crippen molar-refractivity contribution in [2.24, 2.45) is 0 Å². The highest BCUT2D eigenvalue weighted by molar-refractivity contribution is 7.13. The highest BCUT2D eigenvalue weighted by atomic mass is 35.5. The Morgan fingerprint density at radius 2 is 2.26 bits per heavy atom. The fourth-order valence-electron chi connectivity index (χ4n) is 1.64. The number of methoxy groups -OCH3 is 1. The van der Waals surface area contributed by atoms with Gasteiger partial charge in [0.15, 0.2) is 0 Å². The molecule has 6 heteroatoms. The molecule has 0 amide bonds. The predicted molar refractivity (Wildman–Crippen MR) is 72.4 cm³/mol. The maximum absolute atomic E-state index is 12.9. The number of halogens is 2. The molecule has 0 spiro atoms. The van der Waals surface area contributed by atoms with Crippen LogP contribution >= 0.6 is 22.9 Å². The summed E-state index contributed by atoms with van der Waals surface area (Å²) in [5.74, 6) is -0.772. The van der Waals surface area contributed by atoms with Gasteiger partial charge in [-0.1, -0.05) is 17.7 Å². The topological polar surface area (TPSA) is 39.2 Å². The van der Waals surface area contributed by atoms with E-state index < -0.39 is 5.97 Å². The van der Waals surface area contributed by atoms with Gasteiger partial charge in [0.05, 0.1) is 17.8 Å². The molecule has 3 nitrogen and oxygen atoms in total. The summed E-state index contributed by atoms with van der Waals surface area (Å²) >= 11 is 7.22. The van der Waals surface area contributed by atoms with E-state index in [0.29, 0.717) is 22.0 Å². The Morgan fingerprint density at radius 1 is 1.53 bits per heavy atom. The van der Waals surface area contributed by atoms with Gasteiger partial charge in [0.2, 0.25) is 0 Å². The molecule has 0 aliphatic carbocycles. The van der Waals surface area contributed by atoms with E-state index in [2.05, 4.69) is 9.72 Å². The zero-order chi connectivity index (χ0) is 14.0. The molecule has 0 atom stereocenters. The minimum absolute atomic E-state index is 0.354. The van der Waals surface area contributed by atoms with E-state index in [1.54, 1.807) is 13.0 Å². The number of nitrogens with zero attached hydrogens (tertiary/aromatic N) is 1. The van der Waals surface area contributed by atoms with E-state index in [9.17, 15) is 9.18 Å². The largest absolute Gasteiger partial charge is 0.465 e. The second kappa shape index (κ2) is 5.67. The van der Waals surface area contributed by atoms with Crippen LogP contribution in [0.1, 0.15) is 25.9 Å². The molecule has 0 saturated carbocycles. The lowest BCUT2D eigenvalue weighted by molar-refractivity contribution is 0.0605. The second-order valence-electron chi connectivity index (χ2n) is 3.93. The number of ether oxygens (including phenoxy) is 1. The Hall–Kier alpha value is -1.46. The fraction of sp³-hybridized carbons (Fsp3) is 0.231. The lowest BCUT2D eigenvalue weighted by atomic mass is 10.1. The van der Waals surface area contributed by atoms with E-state index in [4.69, 9.17) is 11.6 Å². The van der Waals surface area contributed by atoms with E-state index in [0.717, 1.165) is 10.6 Å². The summed E-state index contributed by atoms with van der Waals surface area (Å²) in [6.07, 6.45) is 0.460. The van der Waals surface area contributed by atoms with E-state index >= 15 is 0 Å². The molecule has 2 aromatic rings. The van der Waals surface area contributed by atoms with Crippen LogP contribution in [0.2, 0.25) is 5.02 Å². The molecule has 100 valence electrons. The third-order valence-electron chi connectivity index (χ3n) is 2.57. The molecule has 19 heavy (non-hydrogen) atoms. The number of aromatic nitrogens is 1. The summed E-state index contributed by atoms with van der Waals surface area (Å²) in [5, 5.41) is 1.10. The fourth-order valence-corrected chi connectivity index (χ4v) is 2.88. The van der Waals surface area contributed by atoms with Crippen molar-refractivity contribution >= 4 is 28.9 Å². The first-order chi connectivity index (χ1) is 9.01. The third-order valence-corrected chi connectivity index (χ3v) is 4.06. The zero-order valence-electron chi connectivity index (χ0n) is 10.4. The molecule has 0 unspecified atom stereocenters. The van der Waals surface area contributed by atoms with Gasteiger partial charge in [0.1, 0.15) is 10.7 Å². The molecular weight excluding hydrogens is 289 g/mol. The van der Waals surface area contributed by atoms with Crippen LogP contribution in [0.5, 0.6) is 0 Å². The lowest BCUT2D eigenvalue weighted by Crippen LogP contribution is -1.99. The minimum Gasteiger partial charge on any atom is -0.465 e. The van der Waals surface area contributed by atoms with Gasteiger partial charge in [-0.05, 0) is 24.6 Å². The summed E-state index contributed by atoms with van der Waals surface area (Å²) in [6, 6.07) is 4.23. The first kappa shape index (κ1) is 14.0. The molecule has 0 radical (unpaired) electrons. The van der Waals surface area contributed by atoms with Crippen LogP contribution in [-0.4, -0.2) is 18.1 Å². The maximum atomic E-state index is 12.9. The van der Waals surface area contributed by atoms with Crippen molar-refractivity contribution in [3.05, 3.63) is 50.2 Å². The highest BCUT2D eigenvalue weighted by Gasteiger charge is 2.16. The van der Waals surface area contributed by atoms with Crippen LogP contribution in [0, 0.1) is 12.7 Å². The van der Waals surface area contributed by atoms with Gasteiger partial charge in [-0.2, -0.15) is 0 Å². The van der Waals surface area contributed by atoms with Crippen molar-refractivity contribution in [2.45, 2.75) is 13.3 Å². The van der Waals surface area contributed by atoms with Crippen LogP contribution < -0.4 is 0 Å². The molecular formula is C13H11ClFNO2S. The number of carbonyl (C=O) groups is 1. The number of carbonyl (C=O) groups excluding carboxylic acids is 1. The average Bonchev–Trinajstić information content (AvgIpc) is 2.73. The Morgan fingerprint density at radius 3 is 2.89 bits per heavy atom. The standard InChI is InChI=1S/C13H11ClFNO2S/c1-7-12(13(17)18-2)19-11(16-7)5-8-3-4-9(15)6-10(8)14/h3-4,6H,5H2,1-2H3. The van der Waals surface area contributed by atoms with Gasteiger partial charge >= 0.3 is 5.97 Å². The Bertz CT molecular complexity index is 627. The number of hydrogen-bond acceptors (Lipinski definition) is 4. The molecule has 0 aliphatic heterocycles. The monoisotopic (exact) mass is 299 g/mol. The molecule has 2 rings (SSSR count). The number of benzene rings is 1. The van der Waals surface area contributed by atoms with Crippen LogP contribution in [-0.2, 0) is 11.2 Å².